The van der Waals surface area contributed by atoms with Crippen molar-refractivity contribution in [2.24, 2.45) is 0 Å². The van der Waals surface area contributed by atoms with Gasteiger partial charge in [-0.3, -0.25) is 9.59 Å². The van der Waals surface area contributed by atoms with E-state index in [1.54, 1.807) is 0 Å². The normalized spacial score (nSPS) is 16.6. The SMILES string of the molecule is Cc1ccccc1C(=O)NCc1nc2ccccc2n1CC(=O)N1CCCCC1C. The van der Waals surface area contributed by atoms with Gasteiger partial charge in [-0.1, -0.05) is 30.3 Å². The first-order valence-corrected chi connectivity index (χ1v) is 10.6. The number of para-hydroxylation sites is 2. The van der Waals surface area contributed by atoms with E-state index >= 15 is 0 Å². The van der Waals surface area contributed by atoms with Crippen LogP contribution in [0, 0.1) is 6.92 Å². The smallest absolute Gasteiger partial charge is 0.251 e. The van der Waals surface area contributed by atoms with Crippen LogP contribution in [0.1, 0.15) is 47.9 Å². The molecule has 1 N–H and O–H groups in total. The number of aryl methyl sites for hydroxylation is 1. The average Bonchev–Trinajstić information content (AvgIpc) is 3.10. The van der Waals surface area contributed by atoms with E-state index in [1.165, 1.54) is 6.42 Å². The molecule has 0 radical (unpaired) electrons. The molecule has 156 valence electrons. The molecule has 1 saturated heterocycles. The molecule has 1 fully saturated rings. The van der Waals surface area contributed by atoms with Crippen LogP contribution in [-0.4, -0.2) is 38.9 Å². The van der Waals surface area contributed by atoms with Gasteiger partial charge in [0.2, 0.25) is 5.91 Å². The Morgan fingerprint density at radius 3 is 2.67 bits per heavy atom. The van der Waals surface area contributed by atoms with Crippen LogP contribution in [0.2, 0.25) is 0 Å². The highest BCUT2D eigenvalue weighted by molar-refractivity contribution is 5.95. The van der Waals surface area contributed by atoms with Crippen LogP contribution >= 0.6 is 0 Å². The standard InChI is InChI=1S/C24H28N4O2/c1-17-9-3-4-11-19(17)24(30)25-15-22-26-20-12-5-6-13-21(20)28(22)16-23(29)27-14-8-7-10-18(27)2/h3-6,9,11-13,18H,7-8,10,14-16H2,1-2H3,(H,25,30). The minimum atomic E-state index is -0.136. The van der Waals surface area contributed by atoms with Gasteiger partial charge in [0, 0.05) is 18.2 Å². The molecule has 1 aromatic heterocycles. The van der Waals surface area contributed by atoms with Gasteiger partial charge in [0.15, 0.2) is 0 Å². The van der Waals surface area contributed by atoms with Crippen molar-refractivity contribution in [3.8, 4) is 0 Å². The Balaban J connectivity index is 1.56. The van der Waals surface area contributed by atoms with Crippen LogP contribution in [-0.2, 0) is 17.9 Å². The molecule has 2 amide bonds. The maximum Gasteiger partial charge on any atom is 0.251 e. The summed E-state index contributed by atoms with van der Waals surface area (Å²) in [6.07, 6.45) is 3.28. The second-order valence-corrected chi connectivity index (χ2v) is 8.03. The number of hydrogen-bond donors (Lipinski definition) is 1. The molecule has 2 heterocycles. The van der Waals surface area contributed by atoms with E-state index in [0.29, 0.717) is 11.4 Å². The Hall–Kier alpha value is -3.15. The molecular weight excluding hydrogens is 376 g/mol. The minimum absolute atomic E-state index is 0.108. The molecule has 1 atom stereocenters. The molecular formula is C24H28N4O2. The summed E-state index contributed by atoms with van der Waals surface area (Å²) in [7, 11) is 0. The first-order chi connectivity index (χ1) is 14.5. The van der Waals surface area contributed by atoms with Crippen molar-refractivity contribution in [2.75, 3.05) is 6.54 Å². The summed E-state index contributed by atoms with van der Waals surface area (Å²) >= 11 is 0. The van der Waals surface area contributed by atoms with Gasteiger partial charge in [-0.2, -0.15) is 0 Å². The maximum atomic E-state index is 13.1. The van der Waals surface area contributed by atoms with Gasteiger partial charge in [-0.25, -0.2) is 4.98 Å². The number of benzene rings is 2. The molecule has 0 aliphatic carbocycles. The Labute approximate surface area is 176 Å². The monoisotopic (exact) mass is 404 g/mol. The van der Waals surface area contributed by atoms with Crippen LogP contribution in [0.5, 0.6) is 0 Å². The summed E-state index contributed by atoms with van der Waals surface area (Å²) in [5.74, 6) is 0.663. The number of carbonyl (C=O) groups is 2. The van der Waals surface area contributed by atoms with E-state index in [9.17, 15) is 9.59 Å². The molecule has 0 spiro atoms. The number of aromatic nitrogens is 2. The van der Waals surface area contributed by atoms with Crippen molar-refractivity contribution in [3.63, 3.8) is 0 Å². The van der Waals surface area contributed by atoms with E-state index in [2.05, 4.69) is 12.2 Å². The highest BCUT2D eigenvalue weighted by atomic mass is 16.2. The second-order valence-electron chi connectivity index (χ2n) is 8.03. The number of nitrogens with one attached hydrogen (secondary N) is 1. The first kappa shape index (κ1) is 20.1. The average molecular weight is 405 g/mol. The van der Waals surface area contributed by atoms with Crippen LogP contribution in [0.4, 0.5) is 0 Å². The number of hydrogen-bond acceptors (Lipinski definition) is 3. The molecule has 4 rings (SSSR count). The van der Waals surface area contributed by atoms with Crippen molar-refractivity contribution in [2.45, 2.75) is 52.2 Å². The first-order valence-electron chi connectivity index (χ1n) is 10.6. The number of carbonyl (C=O) groups excluding carboxylic acids is 2. The lowest BCUT2D eigenvalue weighted by Crippen LogP contribution is -2.43. The maximum absolute atomic E-state index is 13.1. The van der Waals surface area contributed by atoms with Gasteiger partial charge in [0.1, 0.15) is 12.4 Å². The summed E-state index contributed by atoms with van der Waals surface area (Å²) in [5, 5.41) is 2.97. The minimum Gasteiger partial charge on any atom is -0.345 e. The number of rotatable bonds is 5. The second kappa shape index (κ2) is 8.69. The predicted molar refractivity (Wildman–Crippen MR) is 117 cm³/mol. The Morgan fingerprint density at radius 1 is 1.10 bits per heavy atom. The van der Waals surface area contributed by atoms with Gasteiger partial charge in [-0.15, -0.1) is 0 Å². The van der Waals surface area contributed by atoms with Crippen LogP contribution in [0.25, 0.3) is 11.0 Å². The van der Waals surface area contributed by atoms with Crippen LogP contribution in [0.15, 0.2) is 48.5 Å². The van der Waals surface area contributed by atoms with Crippen LogP contribution < -0.4 is 5.32 Å². The molecule has 1 aliphatic rings. The molecule has 0 saturated carbocycles. The zero-order valence-corrected chi connectivity index (χ0v) is 17.6. The molecule has 6 heteroatoms. The van der Waals surface area contributed by atoms with Gasteiger partial charge in [0.25, 0.3) is 5.91 Å². The Bertz CT molecular complexity index is 1070. The molecule has 2 aromatic carbocycles. The fourth-order valence-corrected chi connectivity index (χ4v) is 4.21. The summed E-state index contributed by atoms with van der Waals surface area (Å²) in [5.41, 5.74) is 3.32. The van der Waals surface area contributed by atoms with E-state index in [4.69, 9.17) is 4.98 Å². The lowest BCUT2D eigenvalue weighted by Gasteiger charge is -2.33. The van der Waals surface area contributed by atoms with Gasteiger partial charge in [0.05, 0.1) is 17.6 Å². The predicted octanol–water partition coefficient (Wildman–Crippen LogP) is 3.68. The highest BCUT2D eigenvalue weighted by Crippen LogP contribution is 2.20. The number of piperidine rings is 1. The van der Waals surface area contributed by atoms with Crippen LogP contribution in [0.3, 0.4) is 0 Å². The van der Waals surface area contributed by atoms with Crippen molar-refractivity contribution in [3.05, 3.63) is 65.5 Å². The molecule has 0 bridgehead atoms. The summed E-state index contributed by atoms with van der Waals surface area (Å²) in [6, 6.07) is 15.6. The topological polar surface area (TPSA) is 67.2 Å². The molecule has 1 unspecified atom stereocenters. The van der Waals surface area contributed by atoms with E-state index in [0.717, 1.165) is 36.0 Å². The summed E-state index contributed by atoms with van der Waals surface area (Å²) in [4.78, 5) is 32.4. The van der Waals surface area contributed by atoms with E-state index in [1.807, 2.05) is 64.9 Å². The van der Waals surface area contributed by atoms with Gasteiger partial charge in [-0.05, 0) is 56.9 Å². The number of nitrogens with zero attached hydrogens (tertiary/aromatic N) is 3. The number of likely N-dealkylation sites (tertiary alicyclic amines) is 1. The van der Waals surface area contributed by atoms with Crippen molar-refractivity contribution >= 4 is 22.8 Å². The lowest BCUT2D eigenvalue weighted by molar-refractivity contribution is -0.135. The van der Waals surface area contributed by atoms with E-state index < -0.39 is 0 Å². The molecule has 30 heavy (non-hydrogen) atoms. The summed E-state index contributed by atoms with van der Waals surface area (Å²) < 4.78 is 1.94. The van der Waals surface area contributed by atoms with Crippen molar-refractivity contribution in [1.82, 2.24) is 19.8 Å². The third kappa shape index (κ3) is 4.08. The third-order valence-corrected chi connectivity index (χ3v) is 5.95. The van der Waals surface area contributed by atoms with Crippen molar-refractivity contribution < 1.29 is 9.59 Å². The Kier molecular flexibility index (Phi) is 5.84. The van der Waals surface area contributed by atoms with E-state index in [-0.39, 0.29) is 30.9 Å². The zero-order valence-electron chi connectivity index (χ0n) is 17.6. The Morgan fingerprint density at radius 2 is 1.87 bits per heavy atom. The van der Waals surface area contributed by atoms with Crippen molar-refractivity contribution in [1.29, 1.82) is 0 Å². The lowest BCUT2D eigenvalue weighted by atomic mass is 10.0. The largest absolute Gasteiger partial charge is 0.345 e. The number of imidazole rings is 1. The number of amides is 2. The van der Waals surface area contributed by atoms with Gasteiger partial charge < -0.3 is 14.8 Å². The molecule has 3 aromatic rings. The fraction of sp³-hybridized carbons (Fsp3) is 0.375. The molecule has 1 aliphatic heterocycles. The van der Waals surface area contributed by atoms with Gasteiger partial charge >= 0.3 is 0 Å². The number of fused-ring (bicyclic) bond motifs is 1. The molecule has 6 nitrogen and oxygen atoms in total. The third-order valence-electron chi connectivity index (χ3n) is 5.95. The highest BCUT2D eigenvalue weighted by Gasteiger charge is 2.24. The summed E-state index contributed by atoms with van der Waals surface area (Å²) in [6.45, 7) is 5.35. The zero-order chi connectivity index (χ0) is 21.1. The fourth-order valence-electron chi connectivity index (χ4n) is 4.21. The quantitative estimate of drug-likeness (QED) is 0.705.